The Morgan fingerprint density at radius 3 is 1.24 bits per heavy atom. The van der Waals surface area contributed by atoms with E-state index in [1.807, 2.05) is 10.8 Å². The van der Waals surface area contributed by atoms with Gasteiger partial charge in [0.05, 0.1) is 49.8 Å². The van der Waals surface area contributed by atoms with Crippen molar-refractivity contribution in [2.45, 2.75) is 246 Å². The maximum Gasteiger partial charge on any atom is 0.308 e. The predicted molar refractivity (Wildman–Crippen MR) is 241 cm³/mol. The van der Waals surface area contributed by atoms with Gasteiger partial charge < -0.3 is 24.3 Å². The van der Waals surface area contributed by atoms with Crippen LogP contribution in [-0.2, 0) is 19.1 Å². The number of aromatic nitrogens is 2. The summed E-state index contributed by atoms with van der Waals surface area (Å²) in [7, 11) is 0. The lowest BCUT2D eigenvalue weighted by molar-refractivity contribution is -0.150. The Balaban J connectivity index is 2.52. The molecule has 1 rings (SSSR count). The molecule has 1 aromatic heterocycles. The average Bonchev–Trinajstić information content (AvgIpc) is 3.76. The van der Waals surface area contributed by atoms with Crippen molar-refractivity contribution in [2.24, 2.45) is 11.8 Å². The van der Waals surface area contributed by atoms with Gasteiger partial charge >= 0.3 is 11.9 Å². The lowest BCUT2D eigenvalue weighted by Gasteiger charge is -2.33. The Labute approximate surface area is 357 Å². The normalized spacial score (nSPS) is 14.3. The number of ether oxygens (including phenoxy) is 2. The topological polar surface area (TPSA) is 114 Å². The number of rotatable bonds is 42. The van der Waals surface area contributed by atoms with Crippen LogP contribution in [0.25, 0.3) is 0 Å². The monoisotopic (exact) mass is 820 g/mol. The van der Waals surface area contributed by atoms with Gasteiger partial charge in [-0.25, -0.2) is 4.98 Å². The third-order valence-corrected chi connectivity index (χ3v) is 12.0. The summed E-state index contributed by atoms with van der Waals surface area (Å²) >= 11 is 0. The van der Waals surface area contributed by atoms with E-state index < -0.39 is 12.2 Å². The van der Waals surface area contributed by atoms with Crippen molar-refractivity contribution in [1.82, 2.24) is 14.5 Å². The van der Waals surface area contributed by atoms with E-state index in [9.17, 15) is 19.8 Å². The molecule has 0 aliphatic rings. The molecule has 0 spiro atoms. The molecular weight excluding hydrogens is 727 g/mol. The predicted octanol–water partition coefficient (Wildman–Crippen LogP) is 12.5. The summed E-state index contributed by atoms with van der Waals surface area (Å²) in [6.45, 7) is 12.6. The van der Waals surface area contributed by atoms with Crippen LogP contribution in [0.4, 0.5) is 0 Å². The van der Waals surface area contributed by atoms with Crippen LogP contribution >= 0.6 is 0 Å². The van der Waals surface area contributed by atoms with E-state index in [-0.39, 0.29) is 29.9 Å². The van der Waals surface area contributed by atoms with E-state index in [1.165, 1.54) is 103 Å². The lowest BCUT2D eigenvalue weighted by atomic mass is 9.94. The van der Waals surface area contributed by atoms with Crippen molar-refractivity contribution in [3.63, 3.8) is 0 Å². The molecular formula is C49H93N3O6. The summed E-state index contributed by atoms with van der Waals surface area (Å²) in [6.07, 6.45) is 36.2. The maximum atomic E-state index is 13.1. The van der Waals surface area contributed by atoms with E-state index in [0.717, 1.165) is 77.0 Å². The molecule has 2 N–H and O–H groups in total. The average molecular weight is 820 g/mol. The van der Waals surface area contributed by atoms with Gasteiger partial charge in [0.1, 0.15) is 0 Å². The van der Waals surface area contributed by atoms with Gasteiger partial charge in [-0.1, -0.05) is 156 Å². The zero-order valence-corrected chi connectivity index (χ0v) is 38.5. The van der Waals surface area contributed by atoms with E-state index >= 15 is 0 Å². The van der Waals surface area contributed by atoms with Crippen molar-refractivity contribution in [3.05, 3.63) is 18.7 Å². The van der Waals surface area contributed by atoms with Gasteiger partial charge in [-0.05, 0) is 71.1 Å². The number of imidazole rings is 1. The number of hydrogen-bond acceptors (Lipinski definition) is 8. The standard InChI is InChI=1S/C49H93N3O6/c1-6-10-14-18-20-24-32-44(30-22-16-12-8-3)48(55)57-38-28-26-34-46(53)40-52(43(5)51-37-36-50-42-51)41-47(54)35-27-29-39-58-49(56)45(31-23-17-13-9-4)33-25-21-19-15-11-7-2/h36-37,42-47,53-54H,6-35,38-41H2,1-5H3. The van der Waals surface area contributed by atoms with Gasteiger partial charge in [-0.3, -0.25) is 14.5 Å². The maximum absolute atomic E-state index is 13.1. The zero-order valence-electron chi connectivity index (χ0n) is 38.5. The highest BCUT2D eigenvalue weighted by molar-refractivity contribution is 5.72. The second kappa shape index (κ2) is 38.0. The van der Waals surface area contributed by atoms with Crippen LogP contribution in [-0.4, -0.2) is 75.1 Å². The lowest BCUT2D eigenvalue weighted by Crippen LogP contribution is -2.41. The SMILES string of the molecule is CCCCCCCCC(CCCCCC)C(=O)OCCCCC(O)CN(CC(O)CCCCOC(=O)C(CCCCCC)CCCCCCCC)C(C)n1ccnc1. The minimum absolute atomic E-state index is 0.00506. The number of hydrogen-bond donors (Lipinski definition) is 2. The number of unbranched alkanes of at least 4 members (excludes halogenated alkanes) is 18. The molecule has 5 unspecified atom stereocenters. The molecule has 9 heteroatoms. The molecule has 0 amide bonds. The minimum atomic E-state index is -0.571. The van der Waals surface area contributed by atoms with Crippen LogP contribution in [0, 0.1) is 11.8 Å². The third-order valence-electron chi connectivity index (χ3n) is 12.0. The molecule has 9 nitrogen and oxygen atoms in total. The molecule has 5 atom stereocenters. The van der Waals surface area contributed by atoms with Crippen LogP contribution in [0.5, 0.6) is 0 Å². The fourth-order valence-electron chi connectivity index (χ4n) is 8.07. The first kappa shape index (κ1) is 54.0. The van der Waals surface area contributed by atoms with E-state index in [1.54, 1.807) is 12.5 Å². The molecule has 0 bridgehead atoms. The molecule has 0 aliphatic heterocycles. The minimum Gasteiger partial charge on any atom is -0.465 e. The molecule has 1 heterocycles. The number of aliphatic hydroxyl groups excluding tert-OH is 2. The Morgan fingerprint density at radius 2 is 0.879 bits per heavy atom. The highest BCUT2D eigenvalue weighted by atomic mass is 16.5. The number of aliphatic hydroxyl groups is 2. The van der Waals surface area contributed by atoms with Gasteiger partial charge in [0.15, 0.2) is 0 Å². The number of carbonyl (C=O) groups excluding carboxylic acids is 2. The van der Waals surface area contributed by atoms with Crippen molar-refractivity contribution >= 4 is 11.9 Å². The highest BCUT2D eigenvalue weighted by Crippen LogP contribution is 2.23. The Kier molecular flexibility index (Phi) is 35.4. The van der Waals surface area contributed by atoms with Crippen molar-refractivity contribution < 1.29 is 29.3 Å². The van der Waals surface area contributed by atoms with Crippen LogP contribution in [0.2, 0.25) is 0 Å². The van der Waals surface area contributed by atoms with E-state index in [2.05, 4.69) is 44.5 Å². The van der Waals surface area contributed by atoms with Gasteiger partial charge in [-0.15, -0.1) is 0 Å². The molecule has 58 heavy (non-hydrogen) atoms. The van der Waals surface area contributed by atoms with Crippen molar-refractivity contribution in [2.75, 3.05) is 26.3 Å². The quantitative estimate of drug-likeness (QED) is 0.0495. The van der Waals surface area contributed by atoms with E-state index in [4.69, 9.17) is 9.47 Å². The molecule has 0 saturated carbocycles. The van der Waals surface area contributed by atoms with Crippen LogP contribution < -0.4 is 0 Å². The number of esters is 2. The summed E-state index contributed by atoms with van der Waals surface area (Å²) in [5.41, 5.74) is 0. The second-order valence-corrected chi connectivity index (χ2v) is 17.4. The molecule has 0 radical (unpaired) electrons. The zero-order chi connectivity index (χ0) is 42.5. The summed E-state index contributed by atoms with van der Waals surface area (Å²) in [5.74, 6) is -0.0666. The van der Waals surface area contributed by atoms with Gasteiger partial charge in [0.25, 0.3) is 0 Å². The van der Waals surface area contributed by atoms with Crippen LogP contribution in [0.15, 0.2) is 18.7 Å². The molecule has 0 saturated heterocycles. The summed E-state index contributed by atoms with van der Waals surface area (Å²) in [4.78, 5) is 32.5. The highest BCUT2D eigenvalue weighted by Gasteiger charge is 2.23. The summed E-state index contributed by atoms with van der Waals surface area (Å²) in [5, 5.41) is 22.2. The Morgan fingerprint density at radius 1 is 0.534 bits per heavy atom. The summed E-state index contributed by atoms with van der Waals surface area (Å²) < 4.78 is 13.6. The first-order valence-electron chi connectivity index (χ1n) is 24.7. The largest absolute Gasteiger partial charge is 0.465 e. The Hall–Kier alpha value is -1.97. The molecule has 0 aliphatic carbocycles. The molecule has 1 aromatic rings. The first-order chi connectivity index (χ1) is 28.3. The molecule has 0 fully saturated rings. The van der Waals surface area contributed by atoms with Gasteiger partial charge in [-0.2, -0.15) is 0 Å². The van der Waals surface area contributed by atoms with Gasteiger partial charge in [0.2, 0.25) is 0 Å². The van der Waals surface area contributed by atoms with Crippen LogP contribution in [0.3, 0.4) is 0 Å². The fraction of sp³-hybridized carbons (Fsp3) is 0.898. The number of nitrogens with zero attached hydrogens (tertiary/aromatic N) is 3. The summed E-state index contributed by atoms with van der Waals surface area (Å²) in [6, 6.07) is 0. The third kappa shape index (κ3) is 28.5. The smallest absolute Gasteiger partial charge is 0.308 e. The molecule has 340 valence electrons. The van der Waals surface area contributed by atoms with E-state index in [0.29, 0.717) is 39.1 Å². The van der Waals surface area contributed by atoms with Crippen LogP contribution in [0.1, 0.15) is 233 Å². The Bertz CT molecular complexity index is 993. The fourth-order valence-corrected chi connectivity index (χ4v) is 8.07. The number of carbonyl (C=O) groups is 2. The first-order valence-corrected chi connectivity index (χ1v) is 24.7. The van der Waals surface area contributed by atoms with Crippen molar-refractivity contribution in [1.29, 1.82) is 0 Å². The van der Waals surface area contributed by atoms with Crippen molar-refractivity contribution in [3.8, 4) is 0 Å². The van der Waals surface area contributed by atoms with Gasteiger partial charge in [0, 0.05) is 25.5 Å². The molecule has 0 aromatic carbocycles. The second-order valence-electron chi connectivity index (χ2n) is 17.4.